The minimum atomic E-state index is 0.801. The Labute approximate surface area is 79.5 Å². The number of nitrogens with two attached hydrogens (primary N) is 1. The Balaban J connectivity index is 2.26. The molecule has 0 aromatic heterocycles. The van der Waals surface area contributed by atoms with Gasteiger partial charge in [0.1, 0.15) is 0 Å². The predicted octanol–water partition coefficient (Wildman–Crippen LogP) is 2.23. The average molecular weight is 226 g/mol. The summed E-state index contributed by atoms with van der Waals surface area (Å²) in [6.07, 6.45) is 2.76. The number of nitrogen functional groups attached to an aromatic ring is 1. The molecule has 0 amide bonds. The molecule has 1 atom stereocenters. The third kappa shape index (κ3) is 1.50. The van der Waals surface area contributed by atoms with E-state index in [4.69, 9.17) is 5.73 Å². The molecule has 12 heavy (non-hydrogen) atoms. The zero-order valence-corrected chi connectivity index (χ0v) is 8.71. The van der Waals surface area contributed by atoms with Crippen LogP contribution in [0.3, 0.4) is 0 Å². The van der Waals surface area contributed by atoms with E-state index in [9.17, 15) is 0 Å². The fourth-order valence-electron chi connectivity index (χ4n) is 1.63. The Bertz CT molecular complexity index is 266. The molecular formula is C10H13NSe. The number of hydrogen-bond acceptors (Lipinski definition) is 1. The molecule has 0 aliphatic carbocycles. The van der Waals surface area contributed by atoms with Gasteiger partial charge in [0, 0.05) is 0 Å². The van der Waals surface area contributed by atoms with Gasteiger partial charge in [0.15, 0.2) is 0 Å². The molecule has 0 bridgehead atoms. The van der Waals surface area contributed by atoms with Crippen LogP contribution in [0.2, 0.25) is 5.32 Å². The van der Waals surface area contributed by atoms with Crippen LogP contribution in [0.25, 0.3) is 0 Å². The molecule has 1 saturated heterocycles. The van der Waals surface area contributed by atoms with Crippen molar-refractivity contribution < 1.29 is 0 Å². The van der Waals surface area contributed by atoms with E-state index in [2.05, 4.69) is 12.1 Å². The van der Waals surface area contributed by atoms with Gasteiger partial charge in [-0.15, -0.1) is 0 Å². The first-order valence-corrected chi connectivity index (χ1v) is 6.54. The average Bonchev–Trinajstić information content (AvgIpc) is 2.57. The van der Waals surface area contributed by atoms with Gasteiger partial charge in [-0.05, 0) is 0 Å². The first-order valence-electron chi connectivity index (χ1n) is 4.34. The van der Waals surface area contributed by atoms with Crippen molar-refractivity contribution in [3.05, 3.63) is 29.8 Å². The fourth-order valence-corrected chi connectivity index (χ4v) is 4.45. The predicted molar refractivity (Wildman–Crippen MR) is 53.4 cm³/mol. The van der Waals surface area contributed by atoms with Gasteiger partial charge in [-0.2, -0.15) is 0 Å². The molecule has 64 valence electrons. The van der Waals surface area contributed by atoms with Crippen molar-refractivity contribution in [2.75, 3.05) is 5.73 Å². The SMILES string of the molecule is Nc1ccccc1C1CCC[Se]1. The van der Waals surface area contributed by atoms with E-state index in [0.29, 0.717) is 0 Å². The van der Waals surface area contributed by atoms with Crippen LogP contribution in [0.5, 0.6) is 0 Å². The minimum absolute atomic E-state index is 0.801. The summed E-state index contributed by atoms with van der Waals surface area (Å²) < 4.78 is 0. The van der Waals surface area contributed by atoms with Gasteiger partial charge in [-0.3, -0.25) is 0 Å². The molecule has 1 aromatic rings. The molecule has 0 saturated carbocycles. The fraction of sp³-hybridized carbons (Fsp3) is 0.400. The van der Waals surface area contributed by atoms with Crippen LogP contribution < -0.4 is 5.73 Å². The van der Waals surface area contributed by atoms with Crippen molar-refractivity contribution in [3.8, 4) is 0 Å². The Morgan fingerprint density at radius 1 is 1.33 bits per heavy atom. The number of para-hydroxylation sites is 1. The van der Waals surface area contributed by atoms with E-state index in [0.717, 1.165) is 25.5 Å². The third-order valence-electron chi connectivity index (χ3n) is 2.27. The Kier molecular flexibility index (Phi) is 2.38. The van der Waals surface area contributed by atoms with Gasteiger partial charge in [-0.25, -0.2) is 0 Å². The quantitative estimate of drug-likeness (QED) is 0.576. The molecule has 1 unspecified atom stereocenters. The van der Waals surface area contributed by atoms with E-state index in [-0.39, 0.29) is 0 Å². The van der Waals surface area contributed by atoms with Crippen LogP contribution in [0.4, 0.5) is 5.69 Å². The molecule has 1 fully saturated rings. The topological polar surface area (TPSA) is 26.0 Å². The van der Waals surface area contributed by atoms with Crippen LogP contribution >= 0.6 is 0 Å². The summed E-state index contributed by atoms with van der Waals surface area (Å²) in [5.74, 6) is 0. The monoisotopic (exact) mass is 227 g/mol. The maximum atomic E-state index is 5.91. The Morgan fingerprint density at radius 3 is 2.83 bits per heavy atom. The summed E-state index contributed by atoms with van der Waals surface area (Å²) in [6.45, 7) is 0. The van der Waals surface area contributed by atoms with E-state index in [1.807, 2.05) is 12.1 Å². The van der Waals surface area contributed by atoms with Crippen LogP contribution in [-0.4, -0.2) is 15.0 Å². The van der Waals surface area contributed by atoms with Gasteiger partial charge >= 0.3 is 79.2 Å². The molecule has 2 heteroatoms. The van der Waals surface area contributed by atoms with Gasteiger partial charge < -0.3 is 0 Å². The van der Waals surface area contributed by atoms with Crippen molar-refractivity contribution >= 4 is 20.6 Å². The molecular weight excluding hydrogens is 213 g/mol. The van der Waals surface area contributed by atoms with Crippen LogP contribution in [0.1, 0.15) is 23.2 Å². The molecule has 1 heterocycles. The zero-order chi connectivity index (χ0) is 8.39. The summed E-state index contributed by atoms with van der Waals surface area (Å²) in [4.78, 5) is 0.804. The summed E-state index contributed by atoms with van der Waals surface area (Å²) in [5, 5.41) is 1.44. The van der Waals surface area contributed by atoms with E-state index in [1.165, 1.54) is 23.7 Å². The first-order chi connectivity index (χ1) is 5.88. The summed E-state index contributed by atoms with van der Waals surface area (Å²) in [7, 11) is 0. The van der Waals surface area contributed by atoms with Crippen LogP contribution in [0.15, 0.2) is 24.3 Å². The second-order valence-electron chi connectivity index (χ2n) is 3.13. The van der Waals surface area contributed by atoms with Crippen molar-refractivity contribution in [1.82, 2.24) is 0 Å². The standard InChI is InChI=1S/C10H13NSe/c11-9-5-2-1-4-8(9)10-6-3-7-12-10/h1-2,4-5,10H,3,6-7,11H2. The molecule has 1 nitrogen and oxygen atoms in total. The first kappa shape index (κ1) is 8.15. The van der Waals surface area contributed by atoms with Crippen LogP contribution in [0, 0.1) is 0 Å². The molecule has 2 rings (SSSR count). The summed E-state index contributed by atoms with van der Waals surface area (Å²) in [6, 6.07) is 8.32. The van der Waals surface area contributed by atoms with Crippen LogP contribution in [-0.2, 0) is 0 Å². The Hall–Kier alpha value is -0.461. The number of anilines is 1. The maximum absolute atomic E-state index is 5.91. The molecule has 1 aromatic carbocycles. The normalized spacial score (nSPS) is 22.8. The van der Waals surface area contributed by atoms with Crippen molar-refractivity contribution in [2.45, 2.75) is 23.0 Å². The molecule has 1 aliphatic heterocycles. The number of benzene rings is 1. The summed E-state index contributed by atoms with van der Waals surface area (Å²) >= 11 is 0.801. The number of hydrogen-bond donors (Lipinski definition) is 1. The van der Waals surface area contributed by atoms with Gasteiger partial charge in [0.2, 0.25) is 0 Å². The van der Waals surface area contributed by atoms with Gasteiger partial charge in [0.25, 0.3) is 0 Å². The molecule has 0 spiro atoms. The second kappa shape index (κ2) is 3.51. The summed E-state index contributed by atoms with van der Waals surface area (Å²) in [5.41, 5.74) is 8.30. The second-order valence-corrected chi connectivity index (χ2v) is 5.88. The van der Waals surface area contributed by atoms with Gasteiger partial charge in [0.05, 0.1) is 0 Å². The van der Waals surface area contributed by atoms with Crippen molar-refractivity contribution in [2.24, 2.45) is 0 Å². The van der Waals surface area contributed by atoms with Gasteiger partial charge in [-0.1, -0.05) is 0 Å². The zero-order valence-electron chi connectivity index (χ0n) is 6.99. The van der Waals surface area contributed by atoms with E-state index in [1.54, 1.807) is 0 Å². The van der Waals surface area contributed by atoms with Crippen molar-refractivity contribution in [1.29, 1.82) is 0 Å². The molecule has 1 aliphatic rings. The van der Waals surface area contributed by atoms with E-state index >= 15 is 0 Å². The van der Waals surface area contributed by atoms with E-state index < -0.39 is 0 Å². The molecule has 0 radical (unpaired) electrons. The van der Waals surface area contributed by atoms with Crippen molar-refractivity contribution in [3.63, 3.8) is 0 Å². The number of rotatable bonds is 1. The Morgan fingerprint density at radius 2 is 2.17 bits per heavy atom. The molecule has 2 N–H and O–H groups in total. The third-order valence-corrected chi connectivity index (χ3v) is 5.24.